The first-order valence-corrected chi connectivity index (χ1v) is 10.1. The number of hydrogen-bond acceptors (Lipinski definition) is 4. The van der Waals surface area contributed by atoms with E-state index < -0.39 is 5.41 Å². The highest BCUT2D eigenvalue weighted by molar-refractivity contribution is 5.76. The molecular weight excluding hydrogens is 344 g/mol. The molecule has 6 heteroatoms. The van der Waals surface area contributed by atoms with Crippen molar-refractivity contribution in [2.45, 2.75) is 86.6 Å². The summed E-state index contributed by atoms with van der Waals surface area (Å²) >= 11 is 0. The van der Waals surface area contributed by atoms with Gasteiger partial charge >= 0.3 is 11.7 Å². The molecule has 0 saturated heterocycles. The number of carbonyl (C=O) groups excluding carboxylic acids is 1. The molecule has 0 spiro atoms. The van der Waals surface area contributed by atoms with E-state index in [0.29, 0.717) is 18.7 Å². The van der Waals surface area contributed by atoms with Crippen molar-refractivity contribution in [1.82, 2.24) is 9.55 Å². The van der Waals surface area contributed by atoms with E-state index in [0.717, 1.165) is 44.2 Å². The van der Waals surface area contributed by atoms with E-state index in [-0.39, 0.29) is 23.1 Å². The smallest absolute Gasteiger partial charge is 0.328 e. The topological polar surface area (TPSA) is 81.2 Å². The minimum absolute atomic E-state index is 0.0924. The maximum Gasteiger partial charge on any atom is 0.328 e. The van der Waals surface area contributed by atoms with Crippen LogP contribution in [0.2, 0.25) is 0 Å². The number of unbranched alkanes of at least 4 members (excludes halogenated alkanes) is 3. The predicted octanol–water partition coefficient (Wildman–Crippen LogP) is 3.72. The van der Waals surface area contributed by atoms with Crippen LogP contribution in [0.5, 0.6) is 0 Å². The van der Waals surface area contributed by atoms with Crippen LogP contribution < -0.4 is 11.2 Å². The fourth-order valence-corrected chi connectivity index (χ4v) is 3.25. The Kier molecular flexibility index (Phi) is 9.00. The van der Waals surface area contributed by atoms with Gasteiger partial charge in [-0.15, -0.1) is 0 Å². The fraction of sp³-hybridized carbons (Fsp3) is 0.762. The Hall–Kier alpha value is -1.85. The Morgan fingerprint density at radius 1 is 1.15 bits per heavy atom. The van der Waals surface area contributed by atoms with Gasteiger partial charge in [0.15, 0.2) is 0 Å². The van der Waals surface area contributed by atoms with Crippen molar-refractivity contribution in [3.63, 3.8) is 0 Å². The van der Waals surface area contributed by atoms with Gasteiger partial charge in [0.1, 0.15) is 0 Å². The second kappa shape index (κ2) is 10.5. The van der Waals surface area contributed by atoms with E-state index in [1.807, 2.05) is 6.92 Å². The maximum atomic E-state index is 12.4. The summed E-state index contributed by atoms with van der Waals surface area (Å²) < 4.78 is 7.14. The van der Waals surface area contributed by atoms with Crippen LogP contribution >= 0.6 is 0 Å². The average Bonchev–Trinajstić information content (AvgIpc) is 2.61. The molecule has 0 fully saturated rings. The Bertz CT molecular complexity index is 733. The Morgan fingerprint density at radius 3 is 2.37 bits per heavy atom. The summed E-state index contributed by atoms with van der Waals surface area (Å²) in [6.07, 6.45) is 5.36. The molecule has 1 rings (SSSR count). The molecule has 0 aliphatic heterocycles. The number of rotatable bonds is 11. The number of carbonyl (C=O) groups is 1. The first-order chi connectivity index (χ1) is 12.6. The summed E-state index contributed by atoms with van der Waals surface area (Å²) in [6.45, 7) is 12.8. The second-order valence-corrected chi connectivity index (χ2v) is 7.99. The van der Waals surface area contributed by atoms with E-state index in [9.17, 15) is 14.4 Å². The monoisotopic (exact) mass is 380 g/mol. The van der Waals surface area contributed by atoms with Gasteiger partial charge in [-0.1, -0.05) is 33.6 Å². The number of H-pyrrole nitrogens is 1. The zero-order valence-electron chi connectivity index (χ0n) is 17.8. The van der Waals surface area contributed by atoms with Gasteiger partial charge in [-0.2, -0.15) is 0 Å². The number of aromatic amines is 1. The van der Waals surface area contributed by atoms with Gasteiger partial charge in [-0.25, -0.2) is 4.79 Å². The lowest BCUT2D eigenvalue weighted by atomic mass is 9.75. The van der Waals surface area contributed by atoms with Crippen molar-refractivity contribution in [2.24, 2.45) is 11.3 Å². The van der Waals surface area contributed by atoms with Gasteiger partial charge in [0.25, 0.3) is 5.56 Å². The first-order valence-electron chi connectivity index (χ1n) is 10.1. The number of aromatic nitrogens is 2. The van der Waals surface area contributed by atoms with Crippen molar-refractivity contribution in [2.75, 3.05) is 6.61 Å². The van der Waals surface area contributed by atoms with Gasteiger partial charge in [0.05, 0.1) is 12.0 Å². The molecule has 0 radical (unpaired) electrons. The predicted molar refractivity (Wildman–Crippen MR) is 108 cm³/mol. The summed E-state index contributed by atoms with van der Waals surface area (Å²) in [7, 11) is 0. The van der Waals surface area contributed by atoms with Crippen molar-refractivity contribution in [1.29, 1.82) is 0 Å². The van der Waals surface area contributed by atoms with Gasteiger partial charge in [0.2, 0.25) is 0 Å². The molecule has 0 saturated carbocycles. The molecule has 0 aromatic carbocycles. The molecule has 0 aliphatic rings. The SMILES string of the molecule is CCCC(C)(C(=O)OCCCCCCn1c(C)c(C)c(=O)[nH]c1=O)C(C)C. The molecule has 1 aromatic heterocycles. The van der Waals surface area contributed by atoms with Crippen LogP contribution in [0.3, 0.4) is 0 Å². The standard InChI is InChI=1S/C21H36N2O4/c1-7-12-21(6,15(2)3)19(25)27-14-11-9-8-10-13-23-17(5)16(4)18(24)22-20(23)26/h15H,7-14H2,1-6H3,(H,22,24,26). The van der Waals surface area contributed by atoms with Crippen LogP contribution in [0.25, 0.3) is 0 Å². The molecule has 0 bridgehead atoms. The Labute approximate surface area is 162 Å². The molecule has 0 amide bonds. The highest BCUT2D eigenvalue weighted by atomic mass is 16.5. The van der Waals surface area contributed by atoms with Crippen molar-refractivity contribution < 1.29 is 9.53 Å². The number of ether oxygens (including phenoxy) is 1. The van der Waals surface area contributed by atoms with Gasteiger partial charge < -0.3 is 4.74 Å². The van der Waals surface area contributed by atoms with Crippen LogP contribution in [0, 0.1) is 25.2 Å². The lowest BCUT2D eigenvalue weighted by Gasteiger charge is -2.31. The molecule has 1 heterocycles. The summed E-state index contributed by atoms with van der Waals surface area (Å²) in [5, 5.41) is 0. The lowest BCUT2D eigenvalue weighted by molar-refractivity contribution is -0.158. The van der Waals surface area contributed by atoms with E-state index in [1.165, 1.54) is 0 Å². The molecule has 27 heavy (non-hydrogen) atoms. The highest BCUT2D eigenvalue weighted by Gasteiger charge is 2.37. The quantitative estimate of drug-likeness (QED) is 0.469. The van der Waals surface area contributed by atoms with Crippen molar-refractivity contribution >= 4 is 5.97 Å². The normalized spacial score (nSPS) is 13.6. The van der Waals surface area contributed by atoms with E-state index in [2.05, 4.69) is 25.8 Å². The van der Waals surface area contributed by atoms with E-state index in [1.54, 1.807) is 18.4 Å². The molecule has 1 aromatic rings. The molecule has 6 nitrogen and oxygen atoms in total. The Balaban J connectivity index is 2.36. The molecular formula is C21H36N2O4. The van der Waals surface area contributed by atoms with Crippen molar-refractivity contribution in [3.05, 3.63) is 32.1 Å². The Morgan fingerprint density at radius 2 is 1.78 bits per heavy atom. The minimum Gasteiger partial charge on any atom is -0.465 e. The highest BCUT2D eigenvalue weighted by Crippen LogP contribution is 2.33. The van der Waals surface area contributed by atoms with E-state index in [4.69, 9.17) is 4.74 Å². The molecule has 1 unspecified atom stereocenters. The average molecular weight is 381 g/mol. The first kappa shape index (κ1) is 23.2. The van der Waals surface area contributed by atoms with E-state index >= 15 is 0 Å². The summed E-state index contributed by atoms with van der Waals surface area (Å²) in [4.78, 5) is 38.2. The minimum atomic E-state index is -0.407. The van der Waals surface area contributed by atoms with Crippen LogP contribution in [-0.2, 0) is 16.1 Å². The molecule has 154 valence electrons. The third kappa shape index (κ3) is 6.08. The van der Waals surface area contributed by atoms with Crippen LogP contribution in [0.1, 0.15) is 77.5 Å². The third-order valence-electron chi connectivity index (χ3n) is 5.77. The van der Waals surface area contributed by atoms with Crippen molar-refractivity contribution in [3.8, 4) is 0 Å². The summed E-state index contributed by atoms with van der Waals surface area (Å²) in [6, 6.07) is 0. The van der Waals surface area contributed by atoms with Gasteiger partial charge in [-0.05, 0) is 52.4 Å². The lowest BCUT2D eigenvalue weighted by Crippen LogP contribution is -2.35. The number of nitrogens with zero attached hydrogens (tertiary/aromatic N) is 1. The molecule has 0 aliphatic carbocycles. The van der Waals surface area contributed by atoms with Gasteiger partial charge in [-0.3, -0.25) is 19.1 Å². The maximum absolute atomic E-state index is 12.4. The largest absolute Gasteiger partial charge is 0.465 e. The molecule has 1 atom stereocenters. The zero-order valence-corrected chi connectivity index (χ0v) is 17.8. The summed E-state index contributed by atoms with van der Waals surface area (Å²) in [5.74, 6) is 0.164. The second-order valence-electron chi connectivity index (χ2n) is 7.99. The molecule has 1 N–H and O–H groups in total. The fourth-order valence-electron chi connectivity index (χ4n) is 3.25. The number of esters is 1. The summed E-state index contributed by atoms with van der Waals surface area (Å²) in [5.41, 5.74) is 0.242. The van der Waals surface area contributed by atoms with Crippen LogP contribution in [-0.4, -0.2) is 22.1 Å². The van der Waals surface area contributed by atoms with Crippen LogP contribution in [0.4, 0.5) is 0 Å². The third-order valence-corrected chi connectivity index (χ3v) is 5.77. The van der Waals surface area contributed by atoms with Crippen LogP contribution in [0.15, 0.2) is 9.59 Å². The number of hydrogen-bond donors (Lipinski definition) is 1. The number of nitrogens with one attached hydrogen (secondary N) is 1. The zero-order chi connectivity index (χ0) is 20.6. The van der Waals surface area contributed by atoms with Gasteiger partial charge in [0, 0.05) is 17.8 Å².